The second kappa shape index (κ2) is 4.45. The van der Waals surface area contributed by atoms with Crippen molar-refractivity contribution in [3.8, 4) is 0 Å². The van der Waals surface area contributed by atoms with Gasteiger partial charge in [-0.05, 0) is 18.2 Å². The molecule has 1 fully saturated rings. The van der Waals surface area contributed by atoms with Crippen molar-refractivity contribution in [2.24, 2.45) is 5.92 Å². The van der Waals surface area contributed by atoms with E-state index in [4.69, 9.17) is 22.4 Å². The summed E-state index contributed by atoms with van der Waals surface area (Å²) in [5.41, 5.74) is 5.93. The molecule has 0 aliphatic carbocycles. The summed E-state index contributed by atoms with van der Waals surface area (Å²) in [5, 5.41) is 8.99. The van der Waals surface area contributed by atoms with Gasteiger partial charge in [-0.25, -0.2) is 8.42 Å². The van der Waals surface area contributed by atoms with Gasteiger partial charge in [0.15, 0.2) is 0 Å². The Morgan fingerprint density at radius 2 is 2.12 bits per heavy atom. The first-order valence-electron chi connectivity index (χ1n) is 5.11. The van der Waals surface area contributed by atoms with E-state index in [1.807, 2.05) is 0 Å². The number of hydrogen-bond donors (Lipinski definition) is 2. The van der Waals surface area contributed by atoms with E-state index in [9.17, 15) is 8.42 Å². The zero-order chi connectivity index (χ0) is 12.6. The maximum Gasteiger partial charge on any atom is 0.244 e. The zero-order valence-corrected chi connectivity index (χ0v) is 10.6. The third-order valence-corrected chi connectivity index (χ3v) is 5.07. The van der Waals surface area contributed by atoms with Crippen LogP contribution in [0, 0.1) is 5.92 Å². The number of anilines is 1. The van der Waals surface area contributed by atoms with Gasteiger partial charge in [0, 0.05) is 31.3 Å². The van der Waals surface area contributed by atoms with E-state index in [2.05, 4.69) is 0 Å². The van der Waals surface area contributed by atoms with Crippen LogP contribution in [0.1, 0.15) is 0 Å². The Kier molecular flexibility index (Phi) is 3.31. The standard InChI is InChI=1S/C10H13ClN2O3S/c11-9-3-8(12)1-2-10(9)17(15,16)13-4-7(5-13)6-14/h1-3,7,14H,4-6,12H2. The molecular weight excluding hydrogens is 264 g/mol. The highest BCUT2D eigenvalue weighted by atomic mass is 35.5. The van der Waals surface area contributed by atoms with Gasteiger partial charge in [-0.3, -0.25) is 0 Å². The maximum atomic E-state index is 12.1. The van der Waals surface area contributed by atoms with Gasteiger partial charge in [-0.2, -0.15) is 4.31 Å². The van der Waals surface area contributed by atoms with Crippen LogP contribution in [0.2, 0.25) is 5.02 Å². The Morgan fingerprint density at radius 3 is 2.65 bits per heavy atom. The Hall–Kier alpha value is -0.820. The van der Waals surface area contributed by atoms with Gasteiger partial charge in [0.2, 0.25) is 10.0 Å². The lowest BCUT2D eigenvalue weighted by Gasteiger charge is -2.37. The second-order valence-corrected chi connectivity index (χ2v) is 6.37. The van der Waals surface area contributed by atoms with E-state index in [1.54, 1.807) is 0 Å². The molecule has 1 aromatic rings. The Labute approximate surface area is 105 Å². The number of nitrogens with zero attached hydrogens (tertiary/aromatic N) is 1. The second-order valence-electron chi connectivity index (χ2n) is 4.06. The van der Waals surface area contributed by atoms with Crippen LogP contribution in [0.15, 0.2) is 23.1 Å². The first-order valence-corrected chi connectivity index (χ1v) is 6.93. The fourth-order valence-corrected chi connectivity index (χ4v) is 3.82. The summed E-state index contributed by atoms with van der Waals surface area (Å²) in [6.07, 6.45) is 0. The molecule has 1 aliphatic rings. The van der Waals surface area contributed by atoms with E-state index in [0.29, 0.717) is 18.8 Å². The molecule has 2 rings (SSSR count). The lowest BCUT2D eigenvalue weighted by Crippen LogP contribution is -2.51. The van der Waals surface area contributed by atoms with Crippen LogP contribution in [-0.2, 0) is 10.0 Å². The molecule has 1 saturated heterocycles. The van der Waals surface area contributed by atoms with Crippen molar-refractivity contribution in [2.75, 3.05) is 25.4 Å². The van der Waals surface area contributed by atoms with Gasteiger partial charge < -0.3 is 10.8 Å². The van der Waals surface area contributed by atoms with Gasteiger partial charge in [-0.1, -0.05) is 11.6 Å². The van der Waals surface area contributed by atoms with Gasteiger partial charge in [-0.15, -0.1) is 0 Å². The molecule has 1 aromatic carbocycles. The summed E-state index contributed by atoms with van der Waals surface area (Å²) < 4.78 is 25.6. The van der Waals surface area contributed by atoms with E-state index in [-0.39, 0.29) is 22.4 Å². The van der Waals surface area contributed by atoms with Crippen molar-refractivity contribution >= 4 is 27.3 Å². The fraction of sp³-hybridized carbons (Fsp3) is 0.400. The molecule has 0 atom stereocenters. The van der Waals surface area contributed by atoms with Crippen LogP contribution in [0.25, 0.3) is 0 Å². The number of nitrogen functional groups attached to an aromatic ring is 1. The highest BCUT2D eigenvalue weighted by Crippen LogP contribution is 2.30. The number of sulfonamides is 1. The van der Waals surface area contributed by atoms with Crippen LogP contribution in [0.4, 0.5) is 5.69 Å². The minimum atomic E-state index is -3.56. The number of aliphatic hydroxyl groups excluding tert-OH is 1. The molecule has 94 valence electrons. The Morgan fingerprint density at radius 1 is 1.47 bits per heavy atom. The molecule has 0 bridgehead atoms. The molecule has 5 nitrogen and oxygen atoms in total. The Bertz CT molecular complexity index is 526. The summed E-state index contributed by atoms with van der Waals surface area (Å²) >= 11 is 5.87. The predicted molar refractivity (Wildman–Crippen MR) is 65.2 cm³/mol. The highest BCUT2D eigenvalue weighted by molar-refractivity contribution is 7.89. The third kappa shape index (κ3) is 2.26. The van der Waals surface area contributed by atoms with Crippen molar-refractivity contribution in [3.63, 3.8) is 0 Å². The van der Waals surface area contributed by atoms with Crippen LogP contribution < -0.4 is 5.73 Å². The largest absolute Gasteiger partial charge is 0.399 e. The van der Waals surface area contributed by atoms with Crippen LogP contribution in [0.5, 0.6) is 0 Å². The molecule has 7 heteroatoms. The molecule has 0 amide bonds. The summed E-state index contributed by atoms with van der Waals surface area (Å²) in [6, 6.07) is 4.32. The molecule has 17 heavy (non-hydrogen) atoms. The topological polar surface area (TPSA) is 83.6 Å². The summed E-state index contributed by atoms with van der Waals surface area (Å²) in [4.78, 5) is 0.0600. The zero-order valence-electron chi connectivity index (χ0n) is 9.01. The van der Waals surface area contributed by atoms with Crippen molar-refractivity contribution < 1.29 is 13.5 Å². The summed E-state index contributed by atoms with van der Waals surface area (Å²) in [6.45, 7) is 0.667. The number of benzene rings is 1. The average molecular weight is 277 g/mol. The smallest absolute Gasteiger partial charge is 0.244 e. The first-order chi connectivity index (χ1) is 7.95. The quantitative estimate of drug-likeness (QED) is 0.789. The van der Waals surface area contributed by atoms with E-state index < -0.39 is 10.0 Å². The van der Waals surface area contributed by atoms with Gasteiger partial charge >= 0.3 is 0 Å². The summed E-state index contributed by atoms with van der Waals surface area (Å²) in [7, 11) is -3.56. The lowest BCUT2D eigenvalue weighted by atomic mass is 10.1. The van der Waals surface area contributed by atoms with Crippen LogP contribution in [0.3, 0.4) is 0 Å². The van der Waals surface area contributed by atoms with Crippen molar-refractivity contribution in [1.82, 2.24) is 4.31 Å². The molecular formula is C10H13ClN2O3S. The van der Waals surface area contributed by atoms with Gasteiger partial charge in [0.25, 0.3) is 0 Å². The molecule has 0 saturated carbocycles. The Balaban J connectivity index is 2.27. The fourth-order valence-electron chi connectivity index (χ4n) is 1.70. The van der Waals surface area contributed by atoms with Gasteiger partial charge in [0.05, 0.1) is 5.02 Å². The van der Waals surface area contributed by atoms with Crippen LogP contribution >= 0.6 is 11.6 Å². The lowest BCUT2D eigenvalue weighted by molar-refractivity contribution is 0.117. The van der Waals surface area contributed by atoms with Crippen molar-refractivity contribution in [3.05, 3.63) is 23.2 Å². The molecule has 3 N–H and O–H groups in total. The molecule has 0 unspecified atom stereocenters. The minimum Gasteiger partial charge on any atom is -0.399 e. The number of halogens is 1. The van der Waals surface area contributed by atoms with Crippen molar-refractivity contribution in [2.45, 2.75) is 4.90 Å². The summed E-state index contributed by atoms with van der Waals surface area (Å²) in [5.74, 6) is 0.0253. The number of rotatable bonds is 3. The molecule has 1 aliphatic heterocycles. The molecule has 0 radical (unpaired) electrons. The maximum absolute atomic E-state index is 12.1. The first kappa shape index (κ1) is 12.6. The number of hydrogen-bond acceptors (Lipinski definition) is 4. The van der Waals surface area contributed by atoms with Crippen molar-refractivity contribution in [1.29, 1.82) is 0 Å². The average Bonchev–Trinajstić information content (AvgIpc) is 2.14. The molecule has 1 heterocycles. The number of nitrogens with two attached hydrogens (primary N) is 1. The normalized spacial score (nSPS) is 18.0. The monoisotopic (exact) mass is 276 g/mol. The number of aliphatic hydroxyl groups is 1. The van der Waals surface area contributed by atoms with E-state index in [0.717, 1.165) is 0 Å². The van der Waals surface area contributed by atoms with Crippen LogP contribution in [-0.4, -0.2) is 37.5 Å². The van der Waals surface area contributed by atoms with E-state index in [1.165, 1.54) is 22.5 Å². The highest BCUT2D eigenvalue weighted by Gasteiger charge is 2.37. The molecule has 0 aromatic heterocycles. The predicted octanol–water partition coefficient (Wildman–Crippen LogP) is 0.535. The SMILES string of the molecule is Nc1ccc(S(=O)(=O)N2CC(CO)C2)c(Cl)c1. The molecule has 0 spiro atoms. The van der Waals surface area contributed by atoms with Gasteiger partial charge in [0.1, 0.15) is 4.90 Å². The van der Waals surface area contributed by atoms with E-state index >= 15 is 0 Å². The minimum absolute atomic E-state index is 0.00148. The third-order valence-electron chi connectivity index (χ3n) is 2.76.